The van der Waals surface area contributed by atoms with Crippen molar-refractivity contribution in [1.82, 2.24) is 15.8 Å². The number of aryl methyl sites for hydroxylation is 1. The number of carbonyl (C=O) groups is 2. The van der Waals surface area contributed by atoms with Crippen LogP contribution >= 0.6 is 0 Å². The number of carbonyl (C=O) groups excluding carboxylic acids is 2. The molecule has 0 aliphatic heterocycles. The third kappa shape index (κ3) is 3.25. The van der Waals surface area contributed by atoms with Crippen LogP contribution in [0.15, 0.2) is 53.5 Å². The SMILES string of the molecule is Cc1cccc2c(=O)c(C(=O)NNC(=O)c3cccc(F)c3)c[nH]c12. The minimum atomic E-state index is -0.769. The Hall–Kier alpha value is -3.48. The first-order valence-corrected chi connectivity index (χ1v) is 7.44. The number of H-pyrrole nitrogens is 1. The summed E-state index contributed by atoms with van der Waals surface area (Å²) in [6, 6.07) is 10.2. The molecule has 0 unspecified atom stereocenters. The van der Waals surface area contributed by atoms with E-state index in [-0.39, 0.29) is 11.1 Å². The van der Waals surface area contributed by atoms with Crippen LogP contribution in [0.3, 0.4) is 0 Å². The second-order valence-electron chi connectivity index (χ2n) is 5.45. The molecule has 25 heavy (non-hydrogen) atoms. The van der Waals surface area contributed by atoms with Crippen LogP contribution in [0.2, 0.25) is 0 Å². The van der Waals surface area contributed by atoms with E-state index in [1.54, 1.807) is 12.1 Å². The summed E-state index contributed by atoms with van der Waals surface area (Å²) in [6.45, 7) is 1.84. The quantitative estimate of drug-likeness (QED) is 0.624. The number of aromatic nitrogens is 1. The minimum absolute atomic E-state index is 0.0448. The maximum absolute atomic E-state index is 13.1. The maximum atomic E-state index is 13.1. The molecule has 0 saturated heterocycles. The Balaban J connectivity index is 1.80. The number of aromatic amines is 1. The van der Waals surface area contributed by atoms with E-state index in [4.69, 9.17) is 0 Å². The number of hydrogen-bond acceptors (Lipinski definition) is 3. The summed E-state index contributed by atoms with van der Waals surface area (Å²) in [6.07, 6.45) is 1.29. The summed E-state index contributed by atoms with van der Waals surface area (Å²) in [7, 11) is 0. The monoisotopic (exact) mass is 339 g/mol. The molecule has 2 amide bonds. The number of para-hydroxylation sites is 1. The molecule has 3 aromatic rings. The molecule has 2 aromatic carbocycles. The fourth-order valence-electron chi connectivity index (χ4n) is 2.45. The van der Waals surface area contributed by atoms with Gasteiger partial charge in [0.1, 0.15) is 11.4 Å². The maximum Gasteiger partial charge on any atom is 0.275 e. The van der Waals surface area contributed by atoms with Crippen molar-refractivity contribution < 1.29 is 14.0 Å². The summed E-state index contributed by atoms with van der Waals surface area (Å²) in [5, 5.41) is 0.379. The highest BCUT2D eigenvalue weighted by atomic mass is 19.1. The average Bonchev–Trinajstić information content (AvgIpc) is 2.60. The van der Waals surface area contributed by atoms with E-state index < -0.39 is 23.1 Å². The normalized spacial score (nSPS) is 10.5. The van der Waals surface area contributed by atoms with Crippen molar-refractivity contribution in [2.75, 3.05) is 0 Å². The standard InChI is InChI=1S/C18H14FN3O3/c1-10-4-2-7-13-15(10)20-9-14(16(13)23)18(25)22-21-17(24)11-5-3-6-12(19)8-11/h2-9H,1H3,(H,20,23)(H,21,24)(H,22,25). The molecule has 7 heteroatoms. The zero-order chi connectivity index (χ0) is 18.0. The Bertz CT molecular complexity index is 1040. The number of fused-ring (bicyclic) bond motifs is 1. The number of hydrogen-bond donors (Lipinski definition) is 3. The number of amides is 2. The summed E-state index contributed by atoms with van der Waals surface area (Å²) in [5.41, 5.74) is 5.29. The van der Waals surface area contributed by atoms with Gasteiger partial charge in [-0.15, -0.1) is 0 Å². The Morgan fingerprint density at radius 3 is 2.52 bits per heavy atom. The van der Waals surface area contributed by atoms with Gasteiger partial charge in [0.25, 0.3) is 11.8 Å². The van der Waals surface area contributed by atoms with E-state index in [1.165, 1.54) is 24.4 Å². The van der Waals surface area contributed by atoms with Gasteiger partial charge in [0, 0.05) is 17.1 Å². The summed E-state index contributed by atoms with van der Waals surface area (Å²) in [5.74, 6) is -2.03. The number of rotatable bonds is 2. The van der Waals surface area contributed by atoms with Gasteiger partial charge >= 0.3 is 0 Å². The van der Waals surface area contributed by atoms with E-state index >= 15 is 0 Å². The molecule has 0 bridgehead atoms. The Morgan fingerprint density at radius 1 is 1.04 bits per heavy atom. The smallest absolute Gasteiger partial charge is 0.275 e. The molecule has 0 spiro atoms. The molecular weight excluding hydrogens is 325 g/mol. The van der Waals surface area contributed by atoms with E-state index in [0.29, 0.717) is 10.9 Å². The van der Waals surface area contributed by atoms with Gasteiger partial charge in [0.2, 0.25) is 5.43 Å². The molecule has 126 valence electrons. The predicted octanol–water partition coefficient (Wildman–Crippen LogP) is 2.05. The first kappa shape index (κ1) is 16.4. The van der Waals surface area contributed by atoms with Crippen LogP contribution in [0, 0.1) is 12.7 Å². The first-order chi connectivity index (χ1) is 12.0. The van der Waals surface area contributed by atoms with Crippen molar-refractivity contribution in [2.45, 2.75) is 6.92 Å². The first-order valence-electron chi connectivity index (χ1n) is 7.44. The zero-order valence-corrected chi connectivity index (χ0v) is 13.2. The summed E-state index contributed by atoms with van der Waals surface area (Å²) < 4.78 is 13.1. The van der Waals surface area contributed by atoms with Crippen LogP contribution in [0.1, 0.15) is 26.3 Å². The lowest BCUT2D eigenvalue weighted by Gasteiger charge is -2.08. The van der Waals surface area contributed by atoms with Crippen molar-refractivity contribution in [3.63, 3.8) is 0 Å². The fourth-order valence-corrected chi connectivity index (χ4v) is 2.45. The molecule has 3 rings (SSSR count). The zero-order valence-electron chi connectivity index (χ0n) is 13.2. The van der Waals surface area contributed by atoms with Crippen LogP contribution in [-0.2, 0) is 0 Å². The average molecular weight is 339 g/mol. The van der Waals surface area contributed by atoms with Gasteiger partial charge in [-0.1, -0.05) is 18.2 Å². The highest BCUT2D eigenvalue weighted by Gasteiger charge is 2.15. The largest absolute Gasteiger partial charge is 0.360 e. The molecule has 1 aromatic heterocycles. The highest BCUT2D eigenvalue weighted by Crippen LogP contribution is 2.12. The van der Waals surface area contributed by atoms with Crippen LogP contribution in [0.5, 0.6) is 0 Å². The molecule has 3 N–H and O–H groups in total. The van der Waals surface area contributed by atoms with Crippen LogP contribution < -0.4 is 16.3 Å². The lowest BCUT2D eigenvalue weighted by molar-refractivity contribution is 0.0846. The van der Waals surface area contributed by atoms with Crippen molar-refractivity contribution >= 4 is 22.7 Å². The molecule has 0 radical (unpaired) electrons. The van der Waals surface area contributed by atoms with Crippen molar-refractivity contribution in [3.05, 3.63) is 81.4 Å². The second-order valence-corrected chi connectivity index (χ2v) is 5.45. The second kappa shape index (κ2) is 6.56. The van der Waals surface area contributed by atoms with E-state index in [0.717, 1.165) is 11.6 Å². The Kier molecular flexibility index (Phi) is 4.30. The Morgan fingerprint density at radius 2 is 1.76 bits per heavy atom. The fraction of sp³-hybridized carbons (Fsp3) is 0.0556. The van der Waals surface area contributed by atoms with Crippen LogP contribution in [0.4, 0.5) is 4.39 Å². The van der Waals surface area contributed by atoms with Crippen molar-refractivity contribution in [1.29, 1.82) is 0 Å². The van der Waals surface area contributed by atoms with Gasteiger partial charge in [0.05, 0.1) is 5.52 Å². The van der Waals surface area contributed by atoms with Crippen LogP contribution in [-0.4, -0.2) is 16.8 Å². The molecular formula is C18H14FN3O3. The minimum Gasteiger partial charge on any atom is -0.360 e. The topological polar surface area (TPSA) is 91.1 Å². The van der Waals surface area contributed by atoms with E-state index in [2.05, 4.69) is 15.8 Å². The molecule has 0 atom stereocenters. The molecule has 0 aliphatic carbocycles. The van der Waals surface area contributed by atoms with Gasteiger partial charge in [-0.3, -0.25) is 25.2 Å². The molecule has 0 fully saturated rings. The van der Waals surface area contributed by atoms with E-state index in [1.807, 2.05) is 13.0 Å². The van der Waals surface area contributed by atoms with Gasteiger partial charge in [-0.25, -0.2) is 4.39 Å². The Labute approximate surface area is 141 Å². The number of halogens is 1. The van der Waals surface area contributed by atoms with Crippen molar-refractivity contribution in [3.8, 4) is 0 Å². The van der Waals surface area contributed by atoms with Gasteiger partial charge < -0.3 is 4.98 Å². The van der Waals surface area contributed by atoms with Gasteiger partial charge in [0.15, 0.2) is 0 Å². The molecule has 0 aliphatic rings. The van der Waals surface area contributed by atoms with Gasteiger partial charge in [-0.2, -0.15) is 0 Å². The third-order valence-electron chi connectivity index (χ3n) is 3.74. The molecule has 0 saturated carbocycles. The number of benzene rings is 2. The van der Waals surface area contributed by atoms with E-state index in [9.17, 15) is 18.8 Å². The summed E-state index contributed by atoms with van der Waals surface area (Å²) in [4.78, 5) is 39.4. The van der Waals surface area contributed by atoms with Gasteiger partial charge in [-0.05, 0) is 36.8 Å². The molecule has 6 nitrogen and oxygen atoms in total. The lowest BCUT2D eigenvalue weighted by Crippen LogP contribution is -2.43. The molecule has 1 heterocycles. The number of pyridine rings is 1. The van der Waals surface area contributed by atoms with Crippen molar-refractivity contribution in [2.24, 2.45) is 0 Å². The predicted molar refractivity (Wildman–Crippen MR) is 90.6 cm³/mol. The summed E-state index contributed by atoms with van der Waals surface area (Å²) >= 11 is 0. The number of hydrazine groups is 1. The lowest BCUT2D eigenvalue weighted by atomic mass is 10.1. The van der Waals surface area contributed by atoms with Crippen LogP contribution in [0.25, 0.3) is 10.9 Å². The number of nitrogens with one attached hydrogen (secondary N) is 3. The highest BCUT2D eigenvalue weighted by molar-refractivity contribution is 6.00. The third-order valence-corrected chi connectivity index (χ3v) is 3.74.